The molecule has 0 spiro atoms. The van der Waals surface area contributed by atoms with Gasteiger partial charge in [-0.1, -0.05) is 0 Å². The largest absolute Gasteiger partial charge is 0.263 e. The third-order valence-electron chi connectivity index (χ3n) is 2.48. The van der Waals surface area contributed by atoms with Crippen molar-refractivity contribution in [3.63, 3.8) is 0 Å². The first-order valence-electron chi connectivity index (χ1n) is 5.59. The van der Waals surface area contributed by atoms with Crippen LogP contribution in [0.2, 0.25) is 0 Å². The minimum atomic E-state index is -3.43. The van der Waals surface area contributed by atoms with Gasteiger partial charge in [0.05, 0.1) is 8.68 Å². The van der Waals surface area contributed by atoms with Gasteiger partial charge in [0.1, 0.15) is 12.2 Å². The van der Waals surface area contributed by atoms with Crippen molar-refractivity contribution in [3.8, 4) is 0 Å². The molecule has 0 fully saturated rings. The van der Waals surface area contributed by atoms with Gasteiger partial charge >= 0.3 is 0 Å². The molecule has 6 nitrogen and oxygen atoms in total. The van der Waals surface area contributed by atoms with Gasteiger partial charge in [0.15, 0.2) is 0 Å². The number of aromatic amines is 1. The highest BCUT2D eigenvalue weighted by Crippen LogP contribution is 2.29. The number of H-pyrrole nitrogens is 1. The quantitative estimate of drug-likeness (QED) is 0.765. The van der Waals surface area contributed by atoms with E-state index in [-0.39, 0.29) is 0 Å². The molecule has 0 saturated heterocycles. The monoisotopic (exact) mass is 364 g/mol. The molecule has 2 rings (SSSR count). The topological polar surface area (TPSA) is 87.7 Å². The number of hydrogen-bond acceptors (Lipinski definition) is 5. The summed E-state index contributed by atoms with van der Waals surface area (Å²) in [6.07, 6.45) is 2.76. The predicted octanol–water partition coefficient (Wildman–Crippen LogP) is 1.85. The molecule has 0 unspecified atom stereocenters. The molecule has 104 valence electrons. The summed E-state index contributed by atoms with van der Waals surface area (Å²) >= 11 is 4.70. The Kier molecular flexibility index (Phi) is 4.71. The zero-order valence-electron chi connectivity index (χ0n) is 10.2. The van der Waals surface area contributed by atoms with Crippen molar-refractivity contribution in [1.82, 2.24) is 19.9 Å². The summed E-state index contributed by atoms with van der Waals surface area (Å²) in [7, 11) is -3.43. The molecule has 2 aromatic rings. The summed E-state index contributed by atoms with van der Waals surface area (Å²) in [6.45, 7) is 2.16. The fraction of sp³-hybridized carbons (Fsp3) is 0.400. The van der Waals surface area contributed by atoms with E-state index in [0.717, 1.165) is 14.5 Å². The Labute approximate surface area is 123 Å². The molecule has 0 bridgehead atoms. The zero-order valence-corrected chi connectivity index (χ0v) is 13.4. The van der Waals surface area contributed by atoms with Crippen molar-refractivity contribution >= 4 is 37.3 Å². The molecule has 0 atom stereocenters. The number of nitrogens with zero attached hydrogens (tertiary/aromatic N) is 2. The Balaban J connectivity index is 1.89. The van der Waals surface area contributed by atoms with Crippen LogP contribution < -0.4 is 4.72 Å². The summed E-state index contributed by atoms with van der Waals surface area (Å²) in [4.78, 5) is 5.09. The lowest BCUT2D eigenvalue weighted by atomic mass is 10.3. The van der Waals surface area contributed by atoms with Crippen molar-refractivity contribution < 1.29 is 8.42 Å². The van der Waals surface area contributed by atoms with Gasteiger partial charge in [-0.15, -0.1) is 11.3 Å². The molecule has 0 aliphatic heterocycles. The maximum Gasteiger partial charge on any atom is 0.241 e. The molecule has 0 aliphatic carbocycles. The molecule has 0 aromatic carbocycles. The van der Waals surface area contributed by atoms with Crippen LogP contribution in [-0.2, 0) is 16.4 Å². The second kappa shape index (κ2) is 6.12. The highest BCUT2D eigenvalue weighted by molar-refractivity contribution is 9.11. The average molecular weight is 365 g/mol. The van der Waals surface area contributed by atoms with Crippen LogP contribution in [0, 0.1) is 6.92 Å². The van der Waals surface area contributed by atoms with Crippen molar-refractivity contribution in [2.24, 2.45) is 0 Å². The number of sulfonamides is 1. The molecule has 2 aromatic heterocycles. The molecule has 2 N–H and O–H groups in total. The van der Waals surface area contributed by atoms with Crippen LogP contribution in [-0.4, -0.2) is 30.1 Å². The number of aryl methyl sites for hydroxylation is 2. The van der Waals surface area contributed by atoms with Crippen molar-refractivity contribution in [2.75, 3.05) is 6.54 Å². The second-order valence-electron chi connectivity index (χ2n) is 3.90. The SMILES string of the molecule is Cc1sc(Br)cc1S(=O)(=O)NCCCc1ncn[nH]1. The highest BCUT2D eigenvalue weighted by atomic mass is 79.9. The number of halogens is 1. The van der Waals surface area contributed by atoms with E-state index < -0.39 is 10.0 Å². The van der Waals surface area contributed by atoms with Gasteiger partial charge in [-0.25, -0.2) is 18.1 Å². The molecule has 0 radical (unpaired) electrons. The van der Waals surface area contributed by atoms with E-state index in [2.05, 4.69) is 35.8 Å². The number of aromatic nitrogens is 3. The molecule has 0 amide bonds. The van der Waals surface area contributed by atoms with Gasteiger partial charge < -0.3 is 0 Å². The molecular formula is C10H13BrN4O2S2. The molecule has 9 heteroatoms. The summed E-state index contributed by atoms with van der Waals surface area (Å²) in [5.41, 5.74) is 0. The number of nitrogens with one attached hydrogen (secondary N) is 2. The Morgan fingerprint density at radius 2 is 2.32 bits per heavy atom. The minimum absolute atomic E-state index is 0.337. The van der Waals surface area contributed by atoms with Gasteiger partial charge in [0.25, 0.3) is 0 Å². The summed E-state index contributed by atoms with van der Waals surface area (Å²) in [5.74, 6) is 0.758. The van der Waals surface area contributed by atoms with Crippen LogP contribution in [0.15, 0.2) is 21.1 Å². The van der Waals surface area contributed by atoms with Crippen LogP contribution in [0.1, 0.15) is 17.1 Å². The summed E-state index contributed by atoms with van der Waals surface area (Å²) in [5, 5.41) is 6.47. The van der Waals surface area contributed by atoms with Gasteiger partial charge in [-0.05, 0) is 35.3 Å². The Bertz CT molecular complexity index is 637. The minimum Gasteiger partial charge on any atom is -0.263 e. The van der Waals surface area contributed by atoms with Crippen molar-refractivity contribution in [1.29, 1.82) is 0 Å². The van der Waals surface area contributed by atoms with Gasteiger partial charge in [-0.3, -0.25) is 5.10 Å². The maximum absolute atomic E-state index is 12.1. The Morgan fingerprint density at radius 3 is 2.89 bits per heavy atom. The molecular weight excluding hydrogens is 352 g/mol. The molecule has 19 heavy (non-hydrogen) atoms. The van der Waals surface area contributed by atoms with Gasteiger partial charge in [0.2, 0.25) is 10.0 Å². The van der Waals surface area contributed by atoms with E-state index in [1.54, 1.807) is 13.0 Å². The van der Waals surface area contributed by atoms with Gasteiger partial charge in [-0.2, -0.15) is 5.10 Å². The second-order valence-corrected chi connectivity index (χ2v) is 8.28. The predicted molar refractivity (Wildman–Crippen MR) is 76.6 cm³/mol. The Hall–Kier alpha value is -0.770. The average Bonchev–Trinajstić information content (AvgIpc) is 2.94. The lowest BCUT2D eigenvalue weighted by Gasteiger charge is -2.05. The summed E-state index contributed by atoms with van der Waals surface area (Å²) in [6, 6.07) is 1.62. The van der Waals surface area contributed by atoms with Crippen LogP contribution in [0.3, 0.4) is 0 Å². The van der Waals surface area contributed by atoms with E-state index in [1.165, 1.54) is 17.7 Å². The standard InChI is InChI=1S/C10H13BrN4O2S2/c1-7-8(5-9(11)18-7)19(16,17)14-4-2-3-10-12-6-13-15-10/h5-6,14H,2-4H2,1H3,(H,12,13,15). The number of thiophene rings is 1. The van der Waals surface area contributed by atoms with Crippen molar-refractivity contribution in [3.05, 3.63) is 26.9 Å². The number of hydrogen-bond donors (Lipinski definition) is 2. The summed E-state index contributed by atoms with van der Waals surface area (Å²) < 4.78 is 27.5. The first-order chi connectivity index (χ1) is 8.99. The van der Waals surface area contributed by atoms with E-state index >= 15 is 0 Å². The normalized spacial score (nSPS) is 11.9. The zero-order chi connectivity index (χ0) is 13.9. The first-order valence-corrected chi connectivity index (χ1v) is 8.68. The fourth-order valence-corrected chi connectivity index (χ4v) is 5.08. The van der Waals surface area contributed by atoms with E-state index in [0.29, 0.717) is 24.3 Å². The highest BCUT2D eigenvalue weighted by Gasteiger charge is 2.18. The first kappa shape index (κ1) is 14.6. The smallest absolute Gasteiger partial charge is 0.241 e. The maximum atomic E-state index is 12.1. The third kappa shape index (κ3) is 3.85. The van der Waals surface area contributed by atoms with Crippen LogP contribution in [0.5, 0.6) is 0 Å². The molecule has 0 aliphatic rings. The van der Waals surface area contributed by atoms with E-state index in [9.17, 15) is 8.42 Å². The van der Waals surface area contributed by atoms with E-state index in [1.807, 2.05) is 0 Å². The molecule has 2 heterocycles. The van der Waals surface area contributed by atoms with Crippen LogP contribution in [0.25, 0.3) is 0 Å². The lowest BCUT2D eigenvalue weighted by molar-refractivity contribution is 0.578. The van der Waals surface area contributed by atoms with Crippen molar-refractivity contribution in [2.45, 2.75) is 24.7 Å². The molecule has 0 saturated carbocycles. The van der Waals surface area contributed by atoms with Gasteiger partial charge in [0, 0.05) is 17.8 Å². The van der Waals surface area contributed by atoms with Crippen LogP contribution in [0.4, 0.5) is 0 Å². The van der Waals surface area contributed by atoms with Crippen LogP contribution >= 0.6 is 27.3 Å². The number of rotatable bonds is 6. The van der Waals surface area contributed by atoms with E-state index in [4.69, 9.17) is 0 Å². The fourth-order valence-electron chi connectivity index (χ4n) is 1.59. The lowest BCUT2D eigenvalue weighted by Crippen LogP contribution is -2.25. The Morgan fingerprint density at radius 1 is 1.53 bits per heavy atom. The third-order valence-corrected chi connectivity index (χ3v) is 5.75.